The number of rotatable bonds is 14. The molecule has 6 heteroatoms. The number of aromatic nitrogens is 1. The number of ether oxygens (including phenoxy) is 2. The zero-order valence-corrected chi connectivity index (χ0v) is 23.6. The van der Waals surface area contributed by atoms with E-state index in [0.717, 1.165) is 17.7 Å². The van der Waals surface area contributed by atoms with Gasteiger partial charge in [-0.3, -0.25) is 4.79 Å². The number of fused-ring (bicyclic) bond motifs is 1. The first kappa shape index (κ1) is 29.4. The van der Waals surface area contributed by atoms with E-state index in [2.05, 4.69) is 19.1 Å². The maximum Gasteiger partial charge on any atom is 0.338 e. The zero-order chi connectivity index (χ0) is 27.7. The Hall–Kier alpha value is -3.12. The normalized spacial score (nSPS) is 12.5. The van der Waals surface area contributed by atoms with Crippen molar-refractivity contribution in [2.75, 3.05) is 6.61 Å². The lowest BCUT2D eigenvalue weighted by Gasteiger charge is -2.19. The lowest BCUT2D eigenvalue weighted by atomic mass is 10.0. The van der Waals surface area contributed by atoms with Crippen molar-refractivity contribution in [2.24, 2.45) is 0 Å². The van der Waals surface area contributed by atoms with E-state index in [1.807, 2.05) is 37.5 Å². The summed E-state index contributed by atoms with van der Waals surface area (Å²) in [6.07, 6.45) is 9.73. The summed E-state index contributed by atoms with van der Waals surface area (Å²) in [5.41, 5.74) is 2.34. The molecule has 0 saturated heterocycles. The van der Waals surface area contributed by atoms with Crippen LogP contribution < -0.4 is 4.74 Å². The van der Waals surface area contributed by atoms with Crippen molar-refractivity contribution in [2.45, 2.75) is 97.8 Å². The molecular formula is C32H43NO5. The number of esters is 1. The molecule has 0 fully saturated rings. The first-order valence-electron chi connectivity index (χ1n) is 13.8. The summed E-state index contributed by atoms with van der Waals surface area (Å²) in [6, 6.07) is 13.3. The Kier molecular flexibility index (Phi) is 10.5. The molecule has 0 saturated carbocycles. The minimum atomic E-state index is -0.779. The largest absolute Gasteiger partial charge is 0.491 e. The Bertz CT molecular complexity index is 1200. The molecule has 2 aromatic carbocycles. The Morgan fingerprint density at radius 1 is 0.974 bits per heavy atom. The van der Waals surface area contributed by atoms with Gasteiger partial charge in [0.25, 0.3) is 0 Å². The fraction of sp³-hybridized carbons (Fsp3) is 0.500. The quantitative estimate of drug-likeness (QED) is 0.139. The second-order valence-electron chi connectivity index (χ2n) is 11.1. The van der Waals surface area contributed by atoms with Crippen molar-refractivity contribution in [3.05, 3.63) is 65.4 Å². The number of aliphatic hydroxyl groups excluding tert-OH is 1. The van der Waals surface area contributed by atoms with Crippen molar-refractivity contribution in [1.29, 1.82) is 0 Å². The molecule has 0 radical (unpaired) electrons. The molecule has 38 heavy (non-hydrogen) atoms. The third-order valence-corrected chi connectivity index (χ3v) is 6.49. The highest BCUT2D eigenvalue weighted by atomic mass is 16.6. The first-order chi connectivity index (χ1) is 18.1. The summed E-state index contributed by atoms with van der Waals surface area (Å²) in [4.78, 5) is 24.9. The number of unbranched alkanes of at least 4 members (excludes halogenated alkanes) is 5. The van der Waals surface area contributed by atoms with E-state index in [-0.39, 0.29) is 18.9 Å². The van der Waals surface area contributed by atoms with Crippen LogP contribution >= 0.6 is 0 Å². The van der Waals surface area contributed by atoms with Gasteiger partial charge in [0.1, 0.15) is 24.1 Å². The molecule has 3 rings (SSSR count). The number of aliphatic hydroxyl groups is 1. The van der Waals surface area contributed by atoms with Gasteiger partial charge in [0, 0.05) is 22.7 Å². The van der Waals surface area contributed by atoms with E-state index < -0.39 is 17.7 Å². The van der Waals surface area contributed by atoms with Crippen LogP contribution in [0.2, 0.25) is 0 Å². The van der Waals surface area contributed by atoms with Gasteiger partial charge in [-0.05, 0) is 76.4 Å². The van der Waals surface area contributed by atoms with E-state index in [1.165, 1.54) is 51.0 Å². The van der Waals surface area contributed by atoms with Crippen LogP contribution in [-0.2, 0) is 17.7 Å². The molecule has 1 aromatic heterocycles. The summed E-state index contributed by atoms with van der Waals surface area (Å²) in [6.45, 7) is 9.56. The fourth-order valence-electron chi connectivity index (χ4n) is 4.53. The van der Waals surface area contributed by atoms with Crippen molar-refractivity contribution in [3.63, 3.8) is 0 Å². The van der Waals surface area contributed by atoms with Gasteiger partial charge >= 0.3 is 5.97 Å². The van der Waals surface area contributed by atoms with Crippen LogP contribution in [0.25, 0.3) is 10.9 Å². The highest BCUT2D eigenvalue weighted by Gasteiger charge is 2.21. The summed E-state index contributed by atoms with van der Waals surface area (Å²) in [5, 5.41) is 11.4. The molecule has 1 atom stereocenters. The maximum absolute atomic E-state index is 12.5. The molecule has 0 aliphatic rings. The molecule has 1 heterocycles. The minimum Gasteiger partial charge on any atom is -0.491 e. The van der Waals surface area contributed by atoms with Gasteiger partial charge in [-0.1, -0.05) is 51.2 Å². The van der Waals surface area contributed by atoms with Crippen molar-refractivity contribution in [1.82, 2.24) is 4.57 Å². The second kappa shape index (κ2) is 13.6. The van der Waals surface area contributed by atoms with Crippen LogP contribution in [-0.4, -0.2) is 39.7 Å². The van der Waals surface area contributed by atoms with Crippen LogP contribution in [0.4, 0.5) is 0 Å². The lowest BCUT2D eigenvalue weighted by molar-refractivity contribution is 0.00695. The summed E-state index contributed by atoms with van der Waals surface area (Å²) < 4.78 is 13.1. The topological polar surface area (TPSA) is 77.8 Å². The third-order valence-electron chi connectivity index (χ3n) is 6.49. The smallest absolute Gasteiger partial charge is 0.338 e. The highest BCUT2D eigenvalue weighted by molar-refractivity contribution is 6.08. The first-order valence-corrected chi connectivity index (χ1v) is 13.8. The van der Waals surface area contributed by atoms with Crippen molar-refractivity contribution in [3.8, 4) is 5.75 Å². The summed E-state index contributed by atoms with van der Waals surface area (Å²) in [5.74, 6) is 0.175. The Morgan fingerprint density at radius 2 is 1.66 bits per heavy atom. The van der Waals surface area contributed by atoms with Crippen LogP contribution in [0.3, 0.4) is 0 Å². The number of Topliss-reactive ketones (excluding diaryl/α,β-unsaturated/α-hetero) is 1. The van der Waals surface area contributed by atoms with Crippen molar-refractivity contribution < 1.29 is 24.2 Å². The van der Waals surface area contributed by atoms with Crippen LogP contribution in [0.1, 0.15) is 99.4 Å². The predicted molar refractivity (Wildman–Crippen MR) is 152 cm³/mol. The van der Waals surface area contributed by atoms with E-state index in [1.54, 1.807) is 24.4 Å². The molecule has 206 valence electrons. The van der Waals surface area contributed by atoms with Gasteiger partial charge in [-0.25, -0.2) is 4.79 Å². The van der Waals surface area contributed by atoms with E-state index in [4.69, 9.17) is 9.47 Å². The Morgan fingerprint density at radius 3 is 2.32 bits per heavy atom. The molecular weight excluding hydrogens is 478 g/mol. The standard InChI is InChI=1S/C32H43NO5/c1-6-7-8-9-10-11-12-24-13-16-27(17-14-24)37-22-26(35)20-33-21-29(23(2)34)28-19-25(15-18-30(28)33)31(36)38-32(3,4)5/h13-19,21,26,35H,6-12,20,22H2,1-5H3. The van der Waals surface area contributed by atoms with E-state index in [0.29, 0.717) is 16.5 Å². The Balaban J connectivity index is 1.59. The molecule has 6 nitrogen and oxygen atoms in total. The number of hydrogen-bond acceptors (Lipinski definition) is 5. The van der Waals surface area contributed by atoms with Gasteiger partial charge in [-0.2, -0.15) is 0 Å². The fourth-order valence-corrected chi connectivity index (χ4v) is 4.53. The number of carbonyl (C=O) groups is 2. The lowest BCUT2D eigenvalue weighted by Crippen LogP contribution is -2.24. The van der Waals surface area contributed by atoms with Crippen LogP contribution in [0.5, 0.6) is 5.75 Å². The number of aryl methyl sites for hydroxylation is 1. The highest BCUT2D eigenvalue weighted by Crippen LogP contribution is 2.25. The molecule has 3 aromatic rings. The van der Waals surface area contributed by atoms with Gasteiger partial charge in [0.15, 0.2) is 5.78 Å². The minimum absolute atomic E-state index is 0.109. The summed E-state index contributed by atoms with van der Waals surface area (Å²) in [7, 11) is 0. The molecule has 1 N–H and O–H groups in total. The van der Waals surface area contributed by atoms with Crippen LogP contribution in [0, 0.1) is 0 Å². The van der Waals surface area contributed by atoms with Gasteiger partial charge in [0.2, 0.25) is 0 Å². The Labute approximate surface area is 227 Å². The number of carbonyl (C=O) groups excluding carboxylic acids is 2. The van der Waals surface area contributed by atoms with E-state index in [9.17, 15) is 14.7 Å². The molecule has 0 aliphatic carbocycles. The van der Waals surface area contributed by atoms with Crippen LogP contribution in [0.15, 0.2) is 48.7 Å². The van der Waals surface area contributed by atoms with E-state index >= 15 is 0 Å². The molecule has 0 amide bonds. The average Bonchev–Trinajstić information content (AvgIpc) is 3.22. The number of nitrogens with zero attached hydrogens (tertiary/aromatic N) is 1. The molecule has 0 spiro atoms. The second-order valence-corrected chi connectivity index (χ2v) is 11.1. The zero-order valence-electron chi connectivity index (χ0n) is 23.6. The van der Waals surface area contributed by atoms with Gasteiger partial charge < -0.3 is 19.1 Å². The predicted octanol–water partition coefficient (Wildman–Crippen LogP) is 7.14. The monoisotopic (exact) mass is 521 g/mol. The maximum atomic E-state index is 12.5. The van der Waals surface area contributed by atoms with Crippen molar-refractivity contribution >= 4 is 22.7 Å². The number of ketones is 1. The molecule has 1 unspecified atom stereocenters. The molecule has 0 bridgehead atoms. The average molecular weight is 522 g/mol. The molecule has 0 aliphatic heterocycles. The number of hydrogen-bond donors (Lipinski definition) is 1. The number of benzene rings is 2. The summed E-state index contributed by atoms with van der Waals surface area (Å²) >= 11 is 0. The SMILES string of the molecule is CCCCCCCCc1ccc(OCC(O)Cn2cc(C(C)=O)c3cc(C(=O)OC(C)(C)C)ccc32)cc1. The van der Waals surface area contributed by atoms with Gasteiger partial charge in [0.05, 0.1) is 12.1 Å². The third kappa shape index (κ3) is 8.73. The van der Waals surface area contributed by atoms with Gasteiger partial charge in [-0.15, -0.1) is 0 Å².